The van der Waals surface area contributed by atoms with E-state index in [1.807, 2.05) is 6.07 Å². The second kappa shape index (κ2) is 9.05. The number of amides is 1. The predicted octanol–water partition coefficient (Wildman–Crippen LogP) is 4.19. The van der Waals surface area contributed by atoms with Gasteiger partial charge in [-0.15, -0.1) is 0 Å². The van der Waals surface area contributed by atoms with E-state index in [2.05, 4.69) is 26.5 Å². The first-order valence-corrected chi connectivity index (χ1v) is 10.8. The monoisotopic (exact) mass is 508 g/mol. The van der Waals surface area contributed by atoms with Crippen LogP contribution in [0.4, 0.5) is 0 Å². The molecule has 1 amide bonds. The topological polar surface area (TPSA) is 95.5 Å². The van der Waals surface area contributed by atoms with E-state index in [-0.39, 0.29) is 18.4 Å². The molecular weight excluding hydrogens is 492 g/mol. The van der Waals surface area contributed by atoms with Crippen LogP contribution >= 0.6 is 15.9 Å². The largest absolute Gasteiger partial charge is 0.454 e. The van der Waals surface area contributed by atoms with Crippen LogP contribution in [0, 0.1) is 0 Å². The van der Waals surface area contributed by atoms with Crippen LogP contribution in [0.15, 0.2) is 64.2 Å². The van der Waals surface area contributed by atoms with Crippen molar-refractivity contribution in [2.75, 3.05) is 6.79 Å². The van der Waals surface area contributed by atoms with Crippen molar-refractivity contribution in [3.8, 4) is 17.2 Å². The molecule has 0 saturated carbocycles. The van der Waals surface area contributed by atoms with E-state index in [1.165, 1.54) is 6.21 Å². The molecule has 0 aromatic heterocycles. The van der Waals surface area contributed by atoms with Crippen molar-refractivity contribution in [3.05, 3.63) is 86.9 Å². The number of esters is 1. The Hall–Kier alpha value is -3.69. The lowest BCUT2D eigenvalue weighted by molar-refractivity contribution is 0.0733. The molecule has 0 fully saturated rings. The first kappa shape index (κ1) is 21.2. The number of hydrogen-bond acceptors (Lipinski definition) is 7. The highest BCUT2D eigenvalue weighted by Crippen LogP contribution is 2.33. The minimum absolute atomic E-state index is 0.117. The summed E-state index contributed by atoms with van der Waals surface area (Å²) in [6.45, 7) is 1.17. The molecule has 0 radical (unpaired) electrons. The summed E-state index contributed by atoms with van der Waals surface area (Å²) in [6, 6.07) is 15.3. The summed E-state index contributed by atoms with van der Waals surface area (Å²) in [7, 11) is 0. The zero-order valence-electron chi connectivity index (χ0n) is 17.2. The van der Waals surface area contributed by atoms with E-state index in [9.17, 15) is 9.59 Å². The maximum Gasteiger partial charge on any atom is 0.343 e. The third-order valence-electron chi connectivity index (χ3n) is 5.14. The van der Waals surface area contributed by atoms with Crippen molar-refractivity contribution in [1.82, 2.24) is 5.43 Å². The van der Waals surface area contributed by atoms with E-state index in [1.54, 1.807) is 48.5 Å². The molecule has 0 bridgehead atoms. The van der Waals surface area contributed by atoms with Gasteiger partial charge in [0, 0.05) is 15.6 Å². The van der Waals surface area contributed by atoms with E-state index in [0.29, 0.717) is 41.4 Å². The number of hydrazone groups is 1. The number of ether oxygens (including phenoxy) is 4. The summed E-state index contributed by atoms with van der Waals surface area (Å²) in [6.07, 6.45) is 1.42. The van der Waals surface area contributed by atoms with Crippen LogP contribution in [0.25, 0.3) is 0 Å². The number of carbonyl (C=O) groups is 2. The number of benzene rings is 3. The number of hydrogen-bond donors (Lipinski definition) is 1. The molecule has 2 heterocycles. The summed E-state index contributed by atoms with van der Waals surface area (Å²) >= 11 is 3.40. The summed E-state index contributed by atoms with van der Waals surface area (Å²) in [5, 5.41) is 4.04. The summed E-state index contributed by atoms with van der Waals surface area (Å²) in [5.41, 5.74) is 5.89. The van der Waals surface area contributed by atoms with Crippen LogP contribution < -0.4 is 19.6 Å². The third kappa shape index (κ3) is 4.59. The SMILES string of the molecule is O=C(NN=Cc1cc(Br)ccc1OC(=O)c1ccc2c(c1)OCO2)c1ccc2c(c1)COC2. The Morgan fingerprint density at radius 1 is 0.939 bits per heavy atom. The highest BCUT2D eigenvalue weighted by Gasteiger charge is 2.18. The standard InChI is InChI=1S/C24H17BrN2O6/c25-19-4-6-20(33-24(29)15-3-5-21-22(9-15)32-13-31-21)17(8-19)10-26-27-23(28)14-1-2-16-11-30-12-18(16)7-14/h1-10H,11-13H2,(H,27,28). The van der Waals surface area contributed by atoms with Gasteiger partial charge in [-0.25, -0.2) is 10.2 Å². The number of halogens is 1. The lowest BCUT2D eigenvalue weighted by Gasteiger charge is -2.09. The molecule has 1 N–H and O–H groups in total. The summed E-state index contributed by atoms with van der Waals surface area (Å²) in [4.78, 5) is 25.1. The van der Waals surface area contributed by atoms with Gasteiger partial charge in [0.25, 0.3) is 5.91 Å². The molecule has 9 heteroatoms. The molecule has 0 spiro atoms. The van der Waals surface area contributed by atoms with Gasteiger partial charge in [0.15, 0.2) is 11.5 Å². The normalized spacial score (nSPS) is 13.7. The molecule has 0 atom stereocenters. The summed E-state index contributed by atoms with van der Waals surface area (Å²) in [5.74, 6) is 0.440. The fourth-order valence-corrected chi connectivity index (χ4v) is 3.81. The second-order valence-corrected chi connectivity index (χ2v) is 8.23. The fourth-order valence-electron chi connectivity index (χ4n) is 3.43. The molecule has 0 aliphatic carbocycles. The average Bonchev–Trinajstić information content (AvgIpc) is 3.48. The fraction of sp³-hybridized carbons (Fsp3) is 0.125. The van der Waals surface area contributed by atoms with Crippen LogP contribution in [0.2, 0.25) is 0 Å². The molecule has 2 aliphatic heterocycles. The maximum atomic E-state index is 12.7. The van der Waals surface area contributed by atoms with E-state index < -0.39 is 5.97 Å². The predicted molar refractivity (Wildman–Crippen MR) is 122 cm³/mol. The van der Waals surface area contributed by atoms with Crippen molar-refractivity contribution in [1.29, 1.82) is 0 Å². The van der Waals surface area contributed by atoms with Gasteiger partial charge < -0.3 is 18.9 Å². The van der Waals surface area contributed by atoms with E-state index in [0.717, 1.165) is 15.6 Å². The first-order valence-electron chi connectivity index (χ1n) is 10.0. The molecule has 5 rings (SSSR count). The molecule has 0 saturated heterocycles. The first-order chi connectivity index (χ1) is 16.1. The Labute approximate surface area is 197 Å². The Bertz CT molecular complexity index is 1290. The number of nitrogens with zero attached hydrogens (tertiary/aromatic N) is 1. The molecule has 166 valence electrons. The highest BCUT2D eigenvalue weighted by molar-refractivity contribution is 9.10. The van der Waals surface area contributed by atoms with Gasteiger partial charge in [0.05, 0.1) is 25.0 Å². The average molecular weight is 509 g/mol. The van der Waals surface area contributed by atoms with Crippen molar-refractivity contribution in [3.63, 3.8) is 0 Å². The van der Waals surface area contributed by atoms with Crippen LogP contribution in [-0.2, 0) is 18.0 Å². The molecule has 3 aromatic carbocycles. The number of rotatable bonds is 5. The van der Waals surface area contributed by atoms with Crippen LogP contribution in [0.1, 0.15) is 37.4 Å². The van der Waals surface area contributed by atoms with Crippen LogP contribution in [-0.4, -0.2) is 24.9 Å². The Balaban J connectivity index is 1.29. The zero-order valence-corrected chi connectivity index (χ0v) is 18.8. The summed E-state index contributed by atoms with van der Waals surface area (Å²) < 4.78 is 22.3. The van der Waals surface area contributed by atoms with Gasteiger partial charge in [-0.2, -0.15) is 5.10 Å². The van der Waals surface area contributed by atoms with Gasteiger partial charge in [0.1, 0.15) is 5.75 Å². The lowest BCUT2D eigenvalue weighted by atomic mass is 10.1. The molecule has 33 heavy (non-hydrogen) atoms. The quantitative estimate of drug-likeness (QED) is 0.240. The van der Waals surface area contributed by atoms with Crippen molar-refractivity contribution in [2.45, 2.75) is 13.2 Å². The minimum atomic E-state index is -0.560. The second-order valence-electron chi connectivity index (χ2n) is 7.32. The van der Waals surface area contributed by atoms with Crippen molar-refractivity contribution in [2.24, 2.45) is 5.10 Å². The minimum Gasteiger partial charge on any atom is -0.454 e. The number of carbonyl (C=O) groups excluding carboxylic acids is 2. The maximum absolute atomic E-state index is 12.7. The molecule has 3 aromatic rings. The van der Waals surface area contributed by atoms with Crippen LogP contribution in [0.5, 0.6) is 17.2 Å². The Morgan fingerprint density at radius 2 is 1.76 bits per heavy atom. The van der Waals surface area contributed by atoms with E-state index in [4.69, 9.17) is 18.9 Å². The van der Waals surface area contributed by atoms with E-state index >= 15 is 0 Å². The zero-order chi connectivity index (χ0) is 22.8. The van der Waals surface area contributed by atoms with Gasteiger partial charge >= 0.3 is 5.97 Å². The number of nitrogens with one attached hydrogen (secondary N) is 1. The highest BCUT2D eigenvalue weighted by atomic mass is 79.9. The van der Waals surface area contributed by atoms with Gasteiger partial charge in [0.2, 0.25) is 6.79 Å². The van der Waals surface area contributed by atoms with Gasteiger partial charge in [-0.3, -0.25) is 4.79 Å². The lowest BCUT2D eigenvalue weighted by Crippen LogP contribution is -2.18. The third-order valence-corrected chi connectivity index (χ3v) is 5.63. The molecular formula is C24H17BrN2O6. The van der Waals surface area contributed by atoms with Gasteiger partial charge in [-0.05, 0) is 59.7 Å². The smallest absolute Gasteiger partial charge is 0.343 e. The van der Waals surface area contributed by atoms with Crippen molar-refractivity contribution < 1.29 is 28.5 Å². The molecule has 2 aliphatic rings. The molecule has 8 nitrogen and oxygen atoms in total. The Morgan fingerprint density at radius 3 is 2.67 bits per heavy atom. The van der Waals surface area contributed by atoms with Crippen LogP contribution in [0.3, 0.4) is 0 Å². The van der Waals surface area contributed by atoms with Crippen molar-refractivity contribution >= 4 is 34.0 Å². The van der Waals surface area contributed by atoms with Gasteiger partial charge in [-0.1, -0.05) is 22.0 Å². The number of fused-ring (bicyclic) bond motifs is 2. The molecule has 0 unspecified atom stereocenters. The Kier molecular flexibility index (Phi) is 5.80.